The highest BCUT2D eigenvalue weighted by Crippen LogP contribution is 2.30. The summed E-state index contributed by atoms with van der Waals surface area (Å²) in [5.41, 5.74) is -1.19. The van der Waals surface area contributed by atoms with Gasteiger partial charge in [0.15, 0.2) is 5.69 Å². The van der Waals surface area contributed by atoms with Gasteiger partial charge in [0.2, 0.25) is 5.95 Å². The van der Waals surface area contributed by atoms with E-state index in [9.17, 15) is 13.2 Å². The van der Waals surface area contributed by atoms with Crippen LogP contribution in [0.1, 0.15) is 19.5 Å². The minimum Gasteiger partial charge on any atom is -0.363 e. The molecular weight excluding hydrogens is 283 g/mol. The number of halogens is 3. The maximum atomic E-state index is 12.9. The fourth-order valence-corrected chi connectivity index (χ4v) is 1.34. The highest BCUT2D eigenvalue weighted by Gasteiger charge is 2.34. The summed E-state index contributed by atoms with van der Waals surface area (Å²) in [5, 5.41) is 2.88. The van der Waals surface area contributed by atoms with Gasteiger partial charge in [-0.1, -0.05) is 0 Å². The Labute approximate surface area is 123 Å². The number of alkyl halides is 3. The Kier molecular flexibility index (Phi) is 5.03. The van der Waals surface area contributed by atoms with Crippen LogP contribution < -0.4 is 10.2 Å². The first-order valence-electron chi connectivity index (χ1n) is 6.48. The van der Waals surface area contributed by atoms with Gasteiger partial charge in [0.1, 0.15) is 5.82 Å². The lowest BCUT2D eigenvalue weighted by molar-refractivity contribution is -0.141. The molecule has 0 fully saturated rings. The lowest BCUT2D eigenvalue weighted by Gasteiger charge is -2.32. The summed E-state index contributed by atoms with van der Waals surface area (Å²) in [5.74, 6) is 0.186. The topological polar surface area (TPSA) is 44.3 Å². The Morgan fingerprint density at radius 1 is 1.10 bits per heavy atom. The van der Waals surface area contributed by atoms with Gasteiger partial charge in [0, 0.05) is 32.2 Å². The molecule has 0 amide bonds. The van der Waals surface area contributed by atoms with Gasteiger partial charge in [0.05, 0.1) is 0 Å². The number of likely N-dealkylation sites (N-methyl/N-ethyl adjacent to an activating group) is 1. The van der Waals surface area contributed by atoms with Crippen LogP contribution in [0.25, 0.3) is 0 Å². The minimum absolute atomic E-state index is 0.0246. The second kappa shape index (κ2) is 6.05. The van der Waals surface area contributed by atoms with Crippen LogP contribution >= 0.6 is 0 Å². The van der Waals surface area contributed by atoms with Crippen molar-refractivity contribution < 1.29 is 13.2 Å². The third-order valence-corrected chi connectivity index (χ3v) is 3.35. The predicted molar refractivity (Wildman–Crippen MR) is 77.6 cm³/mol. The number of anilines is 2. The molecule has 0 unspecified atom stereocenters. The lowest BCUT2D eigenvalue weighted by atomic mass is 10.1. The van der Waals surface area contributed by atoms with Crippen LogP contribution in [-0.4, -0.2) is 55.1 Å². The molecule has 1 rings (SSSR count). The first kappa shape index (κ1) is 17.5. The second-order valence-corrected chi connectivity index (χ2v) is 5.89. The van der Waals surface area contributed by atoms with Gasteiger partial charge in [-0.25, -0.2) is 4.98 Å². The molecule has 0 spiro atoms. The molecule has 0 saturated heterocycles. The van der Waals surface area contributed by atoms with E-state index in [4.69, 9.17) is 0 Å². The first-order valence-corrected chi connectivity index (χ1v) is 6.48. The maximum absolute atomic E-state index is 12.9. The predicted octanol–water partition coefficient (Wildman–Crippen LogP) is 2.31. The van der Waals surface area contributed by atoms with Gasteiger partial charge in [-0.05, 0) is 27.9 Å². The highest BCUT2D eigenvalue weighted by atomic mass is 19.4. The van der Waals surface area contributed by atoms with Crippen LogP contribution in [-0.2, 0) is 6.18 Å². The quantitative estimate of drug-likeness (QED) is 0.904. The largest absolute Gasteiger partial charge is 0.433 e. The van der Waals surface area contributed by atoms with Crippen LogP contribution in [0.3, 0.4) is 0 Å². The number of rotatable bonds is 5. The van der Waals surface area contributed by atoms with E-state index in [0.29, 0.717) is 6.54 Å². The van der Waals surface area contributed by atoms with Gasteiger partial charge in [-0.2, -0.15) is 18.2 Å². The van der Waals surface area contributed by atoms with Crippen molar-refractivity contribution in [3.8, 4) is 0 Å². The van der Waals surface area contributed by atoms with E-state index >= 15 is 0 Å². The Morgan fingerprint density at radius 2 is 1.67 bits per heavy atom. The molecule has 5 nitrogen and oxygen atoms in total. The molecule has 0 atom stereocenters. The van der Waals surface area contributed by atoms with Crippen molar-refractivity contribution in [3.63, 3.8) is 0 Å². The van der Waals surface area contributed by atoms with Gasteiger partial charge in [-0.15, -0.1) is 0 Å². The van der Waals surface area contributed by atoms with E-state index in [0.717, 1.165) is 6.07 Å². The Balaban J connectivity index is 3.04. The van der Waals surface area contributed by atoms with Crippen LogP contribution in [0.4, 0.5) is 24.9 Å². The standard InChI is InChI=1S/C13H22F3N5/c1-12(2,21(5)6)8-17-11-18-9(13(14,15)16)7-10(19-11)20(3)4/h7H,8H2,1-6H3,(H,17,18,19). The Hall–Kier alpha value is -1.57. The summed E-state index contributed by atoms with van der Waals surface area (Å²) in [4.78, 5) is 11.1. The molecule has 0 aliphatic rings. The van der Waals surface area contributed by atoms with E-state index in [1.807, 2.05) is 32.8 Å². The van der Waals surface area contributed by atoms with E-state index in [1.165, 1.54) is 4.90 Å². The van der Waals surface area contributed by atoms with Crippen molar-refractivity contribution in [2.45, 2.75) is 25.6 Å². The summed E-state index contributed by atoms with van der Waals surface area (Å²) < 4.78 is 38.6. The summed E-state index contributed by atoms with van der Waals surface area (Å²) in [6.45, 7) is 4.37. The molecule has 21 heavy (non-hydrogen) atoms. The van der Waals surface area contributed by atoms with Crippen molar-refractivity contribution in [3.05, 3.63) is 11.8 Å². The van der Waals surface area contributed by atoms with Crippen LogP contribution in [0, 0.1) is 0 Å². The van der Waals surface area contributed by atoms with Gasteiger partial charge in [-0.3, -0.25) is 0 Å². The zero-order valence-corrected chi connectivity index (χ0v) is 13.2. The molecule has 0 aliphatic carbocycles. The third kappa shape index (κ3) is 4.73. The molecule has 0 aromatic carbocycles. The van der Waals surface area contributed by atoms with Crippen molar-refractivity contribution >= 4 is 11.8 Å². The average Bonchev–Trinajstić information content (AvgIpc) is 2.34. The Bertz CT molecular complexity index is 483. The van der Waals surface area contributed by atoms with Crippen LogP contribution in [0.2, 0.25) is 0 Å². The molecule has 1 aromatic rings. The molecule has 0 aliphatic heterocycles. The number of aromatic nitrogens is 2. The van der Waals surface area contributed by atoms with Crippen molar-refractivity contribution in [2.75, 3.05) is 45.0 Å². The maximum Gasteiger partial charge on any atom is 0.433 e. The monoisotopic (exact) mass is 305 g/mol. The number of hydrogen-bond donors (Lipinski definition) is 1. The van der Waals surface area contributed by atoms with Crippen molar-refractivity contribution in [2.24, 2.45) is 0 Å². The summed E-state index contributed by atoms with van der Waals surface area (Å²) in [6.07, 6.45) is -4.50. The normalized spacial score (nSPS) is 12.7. The Morgan fingerprint density at radius 3 is 2.10 bits per heavy atom. The number of nitrogens with one attached hydrogen (secondary N) is 1. The summed E-state index contributed by atoms with van der Waals surface area (Å²) >= 11 is 0. The molecule has 0 bridgehead atoms. The van der Waals surface area contributed by atoms with Crippen LogP contribution in [0.5, 0.6) is 0 Å². The first-order chi connectivity index (χ1) is 9.43. The van der Waals surface area contributed by atoms with Gasteiger partial charge < -0.3 is 15.1 Å². The molecule has 0 saturated carbocycles. The van der Waals surface area contributed by atoms with Crippen molar-refractivity contribution in [1.29, 1.82) is 0 Å². The molecule has 1 aromatic heterocycles. The van der Waals surface area contributed by atoms with Gasteiger partial charge >= 0.3 is 6.18 Å². The smallest absolute Gasteiger partial charge is 0.363 e. The zero-order valence-electron chi connectivity index (χ0n) is 13.2. The van der Waals surface area contributed by atoms with Gasteiger partial charge in [0.25, 0.3) is 0 Å². The van der Waals surface area contributed by atoms with E-state index in [2.05, 4.69) is 15.3 Å². The zero-order chi connectivity index (χ0) is 16.4. The minimum atomic E-state index is -4.50. The SMILES string of the molecule is CN(C)c1cc(C(F)(F)F)nc(NCC(C)(C)N(C)C)n1. The highest BCUT2D eigenvalue weighted by molar-refractivity contribution is 5.44. The second-order valence-electron chi connectivity index (χ2n) is 5.89. The van der Waals surface area contributed by atoms with Crippen molar-refractivity contribution in [1.82, 2.24) is 14.9 Å². The molecule has 1 N–H and O–H groups in total. The third-order valence-electron chi connectivity index (χ3n) is 3.35. The molecule has 0 radical (unpaired) electrons. The molecule has 120 valence electrons. The average molecular weight is 305 g/mol. The molecular formula is C13H22F3N5. The molecule has 8 heteroatoms. The lowest BCUT2D eigenvalue weighted by Crippen LogP contribution is -2.44. The molecule has 1 heterocycles. The van der Waals surface area contributed by atoms with E-state index in [-0.39, 0.29) is 17.3 Å². The fraction of sp³-hybridized carbons (Fsp3) is 0.692. The van der Waals surface area contributed by atoms with Crippen LogP contribution in [0.15, 0.2) is 6.07 Å². The van der Waals surface area contributed by atoms with E-state index in [1.54, 1.807) is 14.1 Å². The fourth-order valence-electron chi connectivity index (χ4n) is 1.34. The summed E-state index contributed by atoms with van der Waals surface area (Å²) in [6, 6.07) is 0.933. The summed E-state index contributed by atoms with van der Waals surface area (Å²) in [7, 11) is 7.08. The number of hydrogen-bond acceptors (Lipinski definition) is 5. The van der Waals surface area contributed by atoms with E-state index < -0.39 is 11.9 Å². The number of nitrogens with zero attached hydrogens (tertiary/aromatic N) is 4.